The Bertz CT molecular complexity index is 1110. The van der Waals surface area contributed by atoms with E-state index in [0.29, 0.717) is 17.4 Å². The van der Waals surface area contributed by atoms with Gasteiger partial charge in [0.15, 0.2) is 0 Å². The Morgan fingerprint density at radius 1 is 1.11 bits per heavy atom. The molecule has 1 saturated heterocycles. The van der Waals surface area contributed by atoms with Gasteiger partial charge in [-0.05, 0) is 47.5 Å². The number of rotatable bonds is 3. The lowest BCUT2D eigenvalue weighted by Crippen LogP contribution is -2.47. The lowest BCUT2D eigenvalue weighted by atomic mass is 9.81. The molecule has 2 bridgehead atoms. The van der Waals surface area contributed by atoms with Crippen LogP contribution in [0.3, 0.4) is 0 Å². The Hall–Kier alpha value is -2.68. The predicted octanol–water partition coefficient (Wildman–Crippen LogP) is 4.07. The van der Waals surface area contributed by atoms with E-state index in [2.05, 4.69) is 34.5 Å². The van der Waals surface area contributed by atoms with Crippen molar-refractivity contribution in [2.75, 3.05) is 13.1 Å². The molecule has 5 heteroatoms. The van der Waals surface area contributed by atoms with Crippen molar-refractivity contribution in [3.05, 3.63) is 81.1 Å². The van der Waals surface area contributed by atoms with Gasteiger partial charge in [0.05, 0.1) is 11.6 Å². The van der Waals surface area contributed by atoms with Crippen LogP contribution in [0.1, 0.15) is 29.2 Å². The number of fused-ring (bicyclic) bond motifs is 4. The summed E-state index contributed by atoms with van der Waals surface area (Å²) in [5.41, 5.74) is 4.45. The molecule has 0 aliphatic carbocycles. The fourth-order valence-electron chi connectivity index (χ4n) is 4.88. The average molecular weight is 388 g/mol. The van der Waals surface area contributed by atoms with Crippen LogP contribution in [0.5, 0.6) is 0 Å². The highest BCUT2D eigenvalue weighted by molar-refractivity contribution is 7.13. The zero-order valence-corrected chi connectivity index (χ0v) is 16.4. The number of pyridine rings is 1. The lowest BCUT2D eigenvalue weighted by Gasteiger charge is -2.43. The van der Waals surface area contributed by atoms with E-state index in [9.17, 15) is 4.79 Å². The molecule has 3 aromatic rings. The molecule has 1 aromatic carbocycles. The van der Waals surface area contributed by atoms with Gasteiger partial charge in [-0.1, -0.05) is 18.2 Å². The number of benzene rings is 1. The molecular formula is C23H21N3OS. The van der Waals surface area contributed by atoms with Crippen molar-refractivity contribution < 1.29 is 0 Å². The Morgan fingerprint density at radius 3 is 2.86 bits per heavy atom. The number of piperidine rings is 1. The molecule has 2 atom stereocenters. The number of aromatic nitrogens is 1. The molecule has 4 heterocycles. The first-order valence-electron chi connectivity index (χ1n) is 9.70. The number of thiophene rings is 1. The molecule has 0 saturated carbocycles. The van der Waals surface area contributed by atoms with Gasteiger partial charge in [-0.2, -0.15) is 5.26 Å². The molecule has 0 radical (unpaired) electrons. The summed E-state index contributed by atoms with van der Waals surface area (Å²) < 4.78 is 2.03. The van der Waals surface area contributed by atoms with Crippen molar-refractivity contribution in [3.8, 4) is 16.5 Å². The molecule has 0 unspecified atom stereocenters. The molecule has 4 nitrogen and oxygen atoms in total. The Labute approximate surface area is 168 Å². The van der Waals surface area contributed by atoms with Crippen molar-refractivity contribution in [2.24, 2.45) is 5.92 Å². The molecule has 140 valence electrons. The fraction of sp³-hybridized carbons (Fsp3) is 0.304. The van der Waals surface area contributed by atoms with Crippen LogP contribution in [0.2, 0.25) is 0 Å². The number of nitrogens with zero attached hydrogens (tertiary/aromatic N) is 3. The van der Waals surface area contributed by atoms with Crippen molar-refractivity contribution >= 4 is 11.3 Å². The summed E-state index contributed by atoms with van der Waals surface area (Å²) in [5, 5.41) is 11.3. The second-order valence-corrected chi connectivity index (χ2v) is 8.81. The first kappa shape index (κ1) is 17.4. The van der Waals surface area contributed by atoms with Crippen LogP contribution < -0.4 is 5.56 Å². The quantitative estimate of drug-likeness (QED) is 0.681. The maximum absolute atomic E-state index is 12.6. The van der Waals surface area contributed by atoms with Crippen molar-refractivity contribution in [1.82, 2.24) is 9.47 Å². The van der Waals surface area contributed by atoms with E-state index in [-0.39, 0.29) is 5.56 Å². The molecule has 2 aromatic heterocycles. The van der Waals surface area contributed by atoms with E-state index in [1.165, 1.54) is 21.7 Å². The monoisotopic (exact) mass is 387 g/mol. The van der Waals surface area contributed by atoms with Crippen LogP contribution in [-0.4, -0.2) is 22.6 Å². The zero-order valence-electron chi connectivity index (χ0n) is 15.5. The minimum absolute atomic E-state index is 0.125. The van der Waals surface area contributed by atoms with E-state index in [0.717, 1.165) is 32.6 Å². The molecule has 2 aliphatic rings. The van der Waals surface area contributed by atoms with Crippen LogP contribution in [0, 0.1) is 17.2 Å². The minimum Gasteiger partial charge on any atom is -0.311 e. The van der Waals surface area contributed by atoms with E-state index in [1.807, 2.05) is 28.8 Å². The highest BCUT2D eigenvalue weighted by atomic mass is 32.1. The molecule has 1 fully saturated rings. The number of nitriles is 1. The van der Waals surface area contributed by atoms with Crippen molar-refractivity contribution in [3.63, 3.8) is 0 Å². The Balaban J connectivity index is 1.48. The van der Waals surface area contributed by atoms with Gasteiger partial charge in [0, 0.05) is 54.3 Å². The van der Waals surface area contributed by atoms with Crippen LogP contribution in [0.25, 0.3) is 10.4 Å². The summed E-state index contributed by atoms with van der Waals surface area (Å²) in [5.74, 6) is 0.874. The van der Waals surface area contributed by atoms with Gasteiger partial charge in [0.25, 0.3) is 5.56 Å². The maximum Gasteiger partial charge on any atom is 0.250 e. The fourth-order valence-corrected chi connectivity index (χ4v) is 5.64. The highest BCUT2D eigenvalue weighted by Crippen LogP contribution is 2.41. The second kappa shape index (κ2) is 7.05. The zero-order chi connectivity index (χ0) is 19.1. The van der Waals surface area contributed by atoms with Crippen molar-refractivity contribution in [1.29, 1.82) is 5.26 Å². The van der Waals surface area contributed by atoms with Crippen molar-refractivity contribution in [2.45, 2.75) is 25.4 Å². The van der Waals surface area contributed by atoms with Crippen LogP contribution in [-0.2, 0) is 13.1 Å². The normalized spacial score (nSPS) is 21.1. The average Bonchev–Trinajstić information content (AvgIpc) is 3.23. The minimum atomic E-state index is 0.125. The highest BCUT2D eigenvalue weighted by Gasteiger charge is 2.36. The summed E-state index contributed by atoms with van der Waals surface area (Å²) in [4.78, 5) is 16.3. The third-order valence-electron chi connectivity index (χ3n) is 5.91. The smallest absolute Gasteiger partial charge is 0.250 e. The predicted molar refractivity (Wildman–Crippen MR) is 111 cm³/mol. The SMILES string of the molecule is N#Cc1cccc(CN2C[C@@H]3C[C@H](C2)c2c(-c4cccs4)ccc(=O)n2C3)c1. The van der Waals surface area contributed by atoms with Crippen LogP contribution in [0.4, 0.5) is 0 Å². The van der Waals surface area contributed by atoms with Crippen LogP contribution >= 0.6 is 11.3 Å². The number of hydrogen-bond donors (Lipinski definition) is 0. The summed E-state index contributed by atoms with van der Waals surface area (Å²) in [6.45, 7) is 3.62. The Kier molecular flexibility index (Phi) is 4.38. The van der Waals surface area contributed by atoms with Gasteiger partial charge in [0.2, 0.25) is 0 Å². The van der Waals surface area contributed by atoms with E-state index < -0.39 is 0 Å². The molecule has 5 rings (SSSR count). The molecular weight excluding hydrogens is 366 g/mol. The molecule has 0 N–H and O–H groups in total. The standard InChI is InChI=1S/C23H21N3OS/c24-11-16-3-1-4-17(9-16)12-25-13-18-10-19(15-25)23-20(21-5-2-8-28-21)6-7-22(27)26(23)14-18/h1-9,18-19H,10,12-15H2/t18-,19+/m0/s1. The van der Waals surface area contributed by atoms with Gasteiger partial charge in [-0.25, -0.2) is 0 Å². The number of hydrogen-bond acceptors (Lipinski definition) is 4. The topological polar surface area (TPSA) is 49.0 Å². The molecule has 2 aliphatic heterocycles. The van der Waals surface area contributed by atoms with Crippen LogP contribution in [0.15, 0.2) is 58.7 Å². The van der Waals surface area contributed by atoms with Gasteiger partial charge in [0.1, 0.15) is 0 Å². The van der Waals surface area contributed by atoms with Gasteiger partial charge >= 0.3 is 0 Å². The largest absolute Gasteiger partial charge is 0.311 e. The molecule has 28 heavy (non-hydrogen) atoms. The molecule has 0 amide bonds. The molecule has 0 spiro atoms. The first-order valence-corrected chi connectivity index (χ1v) is 10.6. The summed E-state index contributed by atoms with van der Waals surface area (Å²) in [6.07, 6.45) is 1.15. The third-order valence-corrected chi connectivity index (χ3v) is 6.82. The Morgan fingerprint density at radius 2 is 2.04 bits per heavy atom. The lowest BCUT2D eigenvalue weighted by molar-refractivity contribution is 0.115. The summed E-state index contributed by atoms with van der Waals surface area (Å²) in [7, 11) is 0. The van der Waals surface area contributed by atoms with Gasteiger partial charge < -0.3 is 4.57 Å². The van der Waals surface area contributed by atoms with Gasteiger partial charge in [-0.15, -0.1) is 11.3 Å². The van der Waals surface area contributed by atoms with E-state index in [4.69, 9.17) is 5.26 Å². The third kappa shape index (κ3) is 3.09. The van der Waals surface area contributed by atoms with E-state index in [1.54, 1.807) is 17.4 Å². The number of likely N-dealkylation sites (tertiary alicyclic amines) is 1. The van der Waals surface area contributed by atoms with E-state index >= 15 is 0 Å². The maximum atomic E-state index is 12.6. The second-order valence-electron chi connectivity index (χ2n) is 7.86. The van der Waals surface area contributed by atoms with Gasteiger partial charge in [-0.3, -0.25) is 9.69 Å². The first-order chi connectivity index (χ1) is 13.7. The summed E-state index contributed by atoms with van der Waals surface area (Å²) >= 11 is 1.73. The summed E-state index contributed by atoms with van der Waals surface area (Å²) in [6, 6.07) is 18.1.